The highest BCUT2D eigenvalue weighted by Crippen LogP contribution is 2.19. The third-order valence-electron chi connectivity index (χ3n) is 3.43. The van der Waals surface area contributed by atoms with E-state index in [0.717, 1.165) is 5.56 Å². The lowest BCUT2D eigenvalue weighted by atomic mass is 10.1. The molecular weight excluding hydrogens is 317 g/mol. The van der Waals surface area contributed by atoms with Gasteiger partial charge in [0.05, 0.1) is 16.7 Å². The molecule has 0 fully saturated rings. The van der Waals surface area contributed by atoms with Crippen molar-refractivity contribution in [1.29, 1.82) is 0 Å². The van der Waals surface area contributed by atoms with E-state index < -0.39 is 11.7 Å². The van der Waals surface area contributed by atoms with Gasteiger partial charge in [0.2, 0.25) is 0 Å². The first-order valence-electron chi connectivity index (χ1n) is 7.48. The summed E-state index contributed by atoms with van der Waals surface area (Å²) >= 11 is 5.85. The number of ether oxygens (including phenoxy) is 1. The van der Waals surface area contributed by atoms with Gasteiger partial charge >= 0.3 is 0 Å². The highest BCUT2D eigenvalue weighted by Gasteiger charge is 2.14. The van der Waals surface area contributed by atoms with Gasteiger partial charge in [-0.15, -0.1) is 0 Å². The number of rotatable bonds is 7. The average molecular weight is 336 g/mol. The summed E-state index contributed by atoms with van der Waals surface area (Å²) in [7, 11) is 0. The summed E-state index contributed by atoms with van der Waals surface area (Å²) < 4.78 is 19.3. The van der Waals surface area contributed by atoms with Crippen LogP contribution in [0.2, 0.25) is 5.02 Å². The Morgan fingerprint density at radius 2 is 1.96 bits per heavy atom. The molecule has 1 amide bonds. The molecule has 3 nitrogen and oxygen atoms in total. The topological polar surface area (TPSA) is 38.3 Å². The van der Waals surface area contributed by atoms with Crippen molar-refractivity contribution in [1.82, 2.24) is 5.32 Å². The molecule has 0 saturated heterocycles. The van der Waals surface area contributed by atoms with E-state index in [0.29, 0.717) is 19.6 Å². The van der Waals surface area contributed by atoms with Crippen LogP contribution in [-0.2, 0) is 4.74 Å². The number of halogens is 2. The lowest BCUT2D eigenvalue weighted by Gasteiger charge is -2.13. The number of carbonyl (C=O) groups excluding carboxylic acids is 1. The van der Waals surface area contributed by atoms with Gasteiger partial charge in [0.1, 0.15) is 5.82 Å². The van der Waals surface area contributed by atoms with Crippen LogP contribution in [-0.4, -0.2) is 19.1 Å². The fourth-order valence-corrected chi connectivity index (χ4v) is 2.41. The minimum atomic E-state index is -0.621. The average Bonchev–Trinajstić information content (AvgIpc) is 2.55. The molecule has 0 saturated carbocycles. The zero-order valence-corrected chi connectivity index (χ0v) is 13.6. The SMILES string of the molecule is CC(OCCCNC(=O)c1c(F)cccc1Cl)c1ccccc1. The van der Waals surface area contributed by atoms with Crippen LogP contribution in [0.15, 0.2) is 48.5 Å². The molecule has 23 heavy (non-hydrogen) atoms. The summed E-state index contributed by atoms with van der Waals surface area (Å²) in [6, 6.07) is 14.1. The molecule has 122 valence electrons. The molecule has 0 radical (unpaired) electrons. The minimum Gasteiger partial charge on any atom is -0.374 e. The van der Waals surface area contributed by atoms with E-state index >= 15 is 0 Å². The number of carbonyl (C=O) groups is 1. The lowest BCUT2D eigenvalue weighted by molar-refractivity contribution is 0.0634. The van der Waals surface area contributed by atoms with Gasteiger partial charge in [-0.3, -0.25) is 4.79 Å². The largest absolute Gasteiger partial charge is 0.374 e. The molecule has 2 rings (SSSR count). The van der Waals surface area contributed by atoms with Gasteiger partial charge in [-0.2, -0.15) is 0 Å². The molecule has 2 aromatic carbocycles. The molecule has 0 spiro atoms. The van der Waals surface area contributed by atoms with Crippen LogP contribution in [0.25, 0.3) is 0 Å². The van der Waals surface area contributed by atoms with Crippen molar-refractivity contribution in [2.45, 2.75) is 19.4 Å². The van der Waals surface area contributed by atoms with Gasteiger partial charge in [0.15, 0.2) is 0 Å². The monoisotopic (exact) mass is 335 g/mol. The van der Waals surface area contributed by atoms with Crippen molar-refractivity contribution in [3.05, 3.63) is 70.5 Å². The Bertz CT molecular complexity index is 628. The van der Waals surface area contributed by atoms with Crippen LogP contribution in [0.4, 0.5) is 4.39 Å². The quantitative estimate of drug-likeness (QED) is 0.763. The Hall–Kier alpha value is -1.91. The molecule has 1 atom stereocenters. The Morgan fingerprint density at radius 1 is 1.22 bits per heavy atom. The fraction of sp³-hybridized carbons (Fsp3) is 0.278. The van der Waals surface area contributed by atoms with Crippen LogP contribution in [0.1, 0.15) is 35.4 Å². The predicted octanol–water partition coefficient (Wildman–Crippen LogP) is 4.38. The van der Waals surface area contributed by atoms with Crippen molar-refractivity contribution >= 4 is 17.5 Å². The minimum absolute atomic E-state index is 0.00656. The van der Waals surface area contributed by atoms with Gasteiger partial charge in [-0.1, -0.05) is 48.0 Å². The van der Waals surface area contributed by atoms with Crippen molar-refractivity contribution < 1.29 is 13.9 Å². The zero-order valence-electron chi connectivity index (χ0n) is 12.9. The molecular formula is C18H19ClFNO2. The Balaban J connectivity index is 1.72. The third-order valence-corrected chi connectivity index (χ3v) is 3.75. The van der Waals surface area contributed by atoms with Crippen LogP contribution in [0, 0.1) is 5.82 Å². The van der Waals surface area contributed by atoms with E-state index in [1.807, 2.05) is 37.3 Å². The first-order chi connectivity index (χ1) is 11.1. The van der Waals surface area contributed by atoms with E-state index in [2.05, 4.69) is 5.32 Å². The van der Waals surface area contributed by atoms with Crippen molar-refractivity contribution in [2.75, 3.05) is 13.2 Å². The number of hydrogen-bond acceptors (Lipinski definition) is 2. The molecule has 0 heterocycles. The van der Waals surface area contributed by atoms with Crippen molar-refractivity contribution in [3.8, 4) is 0 Å². The van der Waals surface area contributed by atoms with E-state index in [9.17, 15) is 9.18 Å². The molecule has 5 heteroatoms. The van der Waals surface area contributed by atoms with Crippen molar-refractivity contribution in [3.63, 3.8) is 0 Å². The molecule has 0 aliphatic carbocycles. The molecule has 0 aliphatic rings. The zero-order chi connectivity index (χ0) is 16.7. The molecule has 2 aromatic rings. The van der Waals surface area contributed by atoms with Crippen LogP contribution >= 0.6 is 11.6 Å². The highest BCUT2D eigenvalue weighted by molar-refractivity contribution is 6.33. The molecule has 0 bridgehead atoms. The number of benzene rings is 2. The van der Waals surface area contributed by atoms with Crippen LogP contribution < -0.4 is 5.32 Å². The smallest absolute Gasteiger partial charge is 0.255 e. The van der Waals surface area contributed by atoms with Gasteiger partial charge in [-0.25, -0.2) is 4.39 Å². The molecule has 0 aliphatic heterocycles. The van der Waals surface area contributed by atoms with Gasteiger partial charge in [-0.05, 0) is 31.0 Å². The summed E-state index contributed by atoms with van der Waals surface area (Å²) in [4.78, 5) is 11.9. The first-order valence-corrected chi connectivity index (χ1v) is 7.86. The van der Waals surface area contributed by atoms with E-state index in [1.165, 1.54) is 18.2 Å². The van der Waals surface area contributed by atoms with E-state index in [-0.39, 0.29) is 16.7 Å². The lowest BCUT2D eigenvalue weighted by Crippen LogP contribution is -2.26. The Labute approximate surface area is 140 Å². The standard InChI is InChI=1S/C18H19ClFNO2/c1-13(14-7-3-2-4-8-14)23-12-6-11-21-18(22)17-15(19)9-5-10-16(17)20/h2-5,7-10,13H,6,11-12H2,1H3,(H,21,22). The maximum absolute atomic E-state index is 13.6. The second-order valence-electron chi connectivity index (χ2n) is 5.13. The summed E-state index contributed by atoms with van der Waals surface area (Å²) in [5.41, 5.74) is 0.988. The third kappa shape index (κ3) is 5.05. The summed E-state index contributed by atoms with van der Waals surface area (Å²) in [5.74, 6) is -1.13. The second kappa shape index (κ2) is 8.65. The van der Waals surface area contributed by atoms with E-state index in [4.69, 9.17) is 16.3 Å². The number of hydrogen-bond donors (Lipinski definition) is 1. The van der Waals surface area contributed by atoms with Gasteiger partial charge in [0.25, 0.3) is 5.91 Å². The predicted molar refractivity (Wildman–Crippen MR) is 89.2 cm³/mol. The Kier molecular flexibility index (Phi) is 6.56. The summed E-state index contributed by atoms with van der Waals surface area (Å²) in [6.45, 7) is 2.87. The highest BCUT2D eigenvalue weighted by atomic mass is 35.5. The maximum Gasteiger partial charge on any atom is 0.255 e. The van der Waals surface area contributed by atoms with Crippen LogP contribution in [0.5, 0.6) is 0 Å². The first kappa shape index (κ1) is 17.4. The number of amides is 1. The molecule has 0 aromatic heterocycles. The number of nitrogens with one attached hydrogen (secondary N) is 1. The second-order valence-corrected chi connectivity index (χ2v) is 5.54. The van der Waals surface area contributed by atoms with Crippen LogP contribution in [0.3, 0.4) is 0 Å². The normalized spacial score (nSPS) is 12.0. The molecule has 1 N–H and O–H groups in total. The van der Waals surface area contributed by atoms with Crippen molar-refractivity contribution in [2.24, 2.45) is 0 Å². The fourth-order valence-electron chi connectivity index (χ4n) is 2.16. The summed E-state index contributed by atoms with van der Waals surface area (Å²) in [5, 5.41) is 2.76. The summed E-state index contributed by atoms with van der Waals surface area (Å²) in [6.07, 6.45) is 0.627. The maximum atomic E-state index is 13.6. The van der Waals surface area contributed by atoms with Gasteiger partial charge in [0, 0.05) is 13.2 Å². The van der Waals surface area contributed by atoms with Gasteiger partial charge < -0.3 is 10.1 Å². The Morgan fingerprint density at radius 3 is 2.65 bits per heavy atom. The van der Waals surface area contributed by atoms with E-state index in [1.54, 1.807) is 0 Å². The molecule has 1 unspecified atom stereocenters.